The molecule has 20 heavy (non-hydrogen) atoms. The zero-order valence-corrected chi connectivity index (χ0v) is 11.9. The van der Waals surface area contributed by atoms with Crippen molar-refractivity contribution in [3.8, 4) is 5.75 Å². The Morgan fingerprint density at radius 3 is 2.55 bits per heavy atom. The molecule has 2 aromatic carbocycles. The van der Waals surface area contributed by atoms with Crippen LogP contribution >= 0.6 is 0 Å². The van der Waals surface area contributed by atoms with E-state index >= 15 is 0 Å². The average molecular weight is 273 g/mol. The molecule has 2 rings (SSSR count). The summed E-state index contributed by atoms with van der Waals surface area (Å²) in [7, 11) is 0. The van der Waals surface area contributed by atoms with E-state index in [1.165, 1.54) is 12.1 Å². The second-order valence-electron chi connectivity index (χ2n) is 5.21. The van der Waals surface area contributed by atoms with Crippen molar-refractivity contribution in [3.05, 3.63) is 59.9 Å². The number of anilines is 1. The second kappa shape index (κ2) is 6.94. The Balaban J connectivity index is 1.92. The monoisotopic (exact) mass is 273 g/mol. The Labute approximate surface area is 119 Å². The van der Waals surface area contributed by atoms with E-state index in [9.17, 15) is 4.39 Å². The Kier molecular flexibility index (Phi) is 4.99. The van der Waals surface area contributed by atoms with Crippen LogP contribution in [0, 0.1) is 11.7 Å². The smallest absolute Gasteiger partial charge is 0.123 e. The van der Waals surface area contributed by atoms with Crippen LogP contribution in [0.5, 0.6) is 5.75 Å². The molecule has 0 bridgehead atoms. The summed E-state index contributed by atoms with van der Waals surface area (Å²) in [6.07, 6.45) is 0. The van der Waals surface area contributed by atoms with Gasteiger partial charge in [-0.25, -0.2) is 4.39 Å². The summed E-state index contributed by atoms with van der Waals surface area (Å²) in [5, 5.41) is 3.26. The van der Waals surface area contributed by atoms with Gasteiger partial charge in [-0.05, 0) is 47.9 Å². The Morgan fingerprint density at radius 2 is 1.85 bits per heavy atom. The lowest BCUT2D eigenvalue weighted by Gasteiger charge is -2.11. The van der Waals surface area contributed by atoms with Gasteiger partial charge in [-0.1, -0.05) is 26.0 Å². The highest BCUT2D eigenvalue weighted by Gasteiger charge is 2.00. The van der Waals surface area contributed by atoms with Gasteiger partial charge < -0.3 is 10.1 Å². The van der Waals surface area contributed by atoms with Crippen molar-refractivity contribution in [3.63, 3.8) is 0 Å². The Morgan fingerprint density at radius 1 is 1.10 bits per heavy atom. The molecule has 106 valence electrons. The van der Waals surface area contributed by atoms with E-state index in [-0.39, 0.29) is 5.82 Å². The number of ether oxygens (including phenoxy) is 1. The molecular weight excluding hydrogens is 253 g/mol. The Bertz CT molecular complexity index is 537. The highest BCUT2D eigenvalue weighted by molar-refractivity contribution is 5.44. The predicted molar refractivity (Wildman–Crippen MR) is 80.5 cm³/mol. The number of benzene rings is 2. The molecule has 1 N–H and O–H groups in total. The minimum Gasteiger partial charge on any atom is -0.493 e. The van der Waals surface area contributed by atoms with E-state index in [0.717, 1.165) is 23.6 Å². The van der Waals surface area contributed by atoms with E-state index in [2.05, 4.69) is 19.2 Å². The lowest BCUT2D eigenvalue weighted by atomic mass is 10.2. The van der Waals surface area contributed by atoms with Crippen molar-refractivity contribution < 1.29 is 9.13 Å². The zero-order chi connectivity index (χ0) is 14.4. The van der Waals surface area contributed by atoms with Gasteiger partial charge in [0, 0.05) is 12.2 Å². The third-order valence-electron chi connectivity index (χ3n) is 2.82. The summed E-state index contributed by atoms with van der Waals surface area (Å²) in [5.74, 6) is 1.17. The SMILES string of the molecule is CC(C)COc1cccc(CNc2ccc(F)cc2)c1. The first-order chi connectivity index (χ1) is 9.63. The van der Waals surface area contributed by atoms with Crippen molar-refractivity contribution in [2.24, 2.45) is 5.92 Å². The van der Waals surface area contributed by atoms with Crippen molar-refractivity contribution in [1.82, 2.24) is 0 Å². The maximum atomic E-state index is 12.8. The molecule has 0 unspecified atom stereocenters. The quantitative estimate of drug-likeness (QED) is 0.838. The molecule has 0 aromatic heterocycles. The number of halogens is 1. The van der Waals surface area contributed by atoms with Gasteiger partial charge in [0.1, 0.15) is 11.6 Å². The molecule has 0 atom stereocenters. The summed E-state index contributed by atoms with van der Waals surface area (Å²) >= 11 is 0. The van der Waals surface area contributed by atoms with Gasteiger partial charge in [0.2, 0.25) is 0 Å². The molecule has 0 fully saturated rings. The van der Waals surface area contributed by atoms with Gasteiger partial charge in [0.25, 0.3) is 0 Å². The maximum absolute atomic E-state index is 12.8. The first-order valence-electron chi connectivity index (χ1n) is 6.84. The molecule has 0 heterocycles. The van der Waals surface area contributed by atoms with Crippen LogP contribution in [0.1, 0.15) is 19.4 Å². The highest BCUT2D eigenvalue weighted by Crippen LogP contribution is 2.16. The molecule has 0 aliphatic carbocycles. The van der Waals surface area contributed by atoms with E-state index < -0.39 is 0 Å². The van der Waals surface area contributed by atoms with Gasteiger partial charge in [-0.3, -0.25) is 0 Å². The van der Waals surface area contributed by atoms with Crippen LogP contribution in [-0.4, -0.2) is 6.61 Å². The minimum absolute atomic E-state index is 0.223. The highest BCUT2D eigenvalue weighted by atomic mass is 19.1. The molecule has 0 amide bonds. The lowest BCUT2D eigenvalue weighted by Crippen LogP contribution is -2.05. The predicted octanol–water partition coefficient (Wildman–Crippen LogP) is 4.47. The van der Waals surface area contributed by atoms with Gasteiger partial charge in [0.05, 0.1) is 6.61 Å². The van der Waals surface area contributed by atoms with Crippen LogP contribution in [-0.2, 0) is 6.54 Å². The molecule has 2 aromatic rings. The number of nitrogens with one attached hydrogen (secondary N) is 1. The average Bonchev–Trinajstić information content (AvgIpc) is 2.45. The van der Waals surface area contributed by atoms with Crippen LogP contribution < -0.4 is 10.1 Å². The zero-order valence-electron chi connectivity index (χ0n) is 11.9. The largest absolute Gasteiger partial charge is 0.493 e. The molecular formula is C17H20FNO. The fourth-order valence-corrected chi connectivity index (χ4v) is 1.78. The summed E-state index contributed by atoms with van der Waals surface area (Å²) in [6, 6.07) is 14.4. The molecule has 0 saturated heterocycles. The first-order valence-corrected chi connectivity index (χ1v) is 6.84. The summed E-state index contributed by atoms with van der Waals surface area (Å²) < 4.78 is 18.5. The van der Waals surface area contributed by atoms with Crippen molar-refractivity contribution in [2.45, 2.75) is 20.4 Å². The number of hydrogen-bond donors (Lipinski definition) is 1. The standard InChI is InChI=1S/C17H20FNO/c1-13(2)12-20-17-5-3-4-14(10-17)11-19-16-8-6-15(18)7-9-16/h3-10,13,19H,11-12H2,1-2H3. The van der Waals surface area contributed by atoms with Crippen LogP contribution in [0.25, 0.3) is 0 Å². The second-order valence-corrected chi connectivity index (χ2v) is 5.21. The molecule has 0 saturated carbocycles. The van der Waals surface area contributed by atoms with Gasteiger partial charge in [-0.2, -0.15) is 0 Å². The first kappa shape index (κ1) is 14.4. The fraction of sp³-hybridized carbons (Fsp3) is 0.294. The van der Waals surface area contributed by atoms with Crippen LogP contribution in [0.2, 0.25) is 0 Å². The molecule has 0 aliphatic rings. The van der Waals surface area contributed by atoms with Gasteiger partial charge >= 0.3 is 0 Å². The normalized spacial score (nSPS) is 10.6. The van der Waals surface area contributed by atoms with E-state index in [4.69, 9.17) is 4.74 Å². The Hall–Kier alpha value is -2.03. The van der Waals surface area contributed by atoms with Crippen LogP contribution in [0.15, 0.2) is 48.5 Å². The topological polar surface area (TPSA) is 21.3 Å². The molecule has 0 spiro atoms. The molecule has 0 aliphatic heterocycles. The summed E-state index contributed by atoms with van der Waals surface area (Å²) in [5.41, 5.74) is 2.04. The minimum atomic E-state index is -0.223. The van der Waals surface area contributed by atoms with Gasteiger partial charge in [-0.15, -0.1) is 0 Å². The van der Waals surface area contributed by atoms with E-state index in [1.807, 2.05) is 24.3 Å². The maximum Gasteiger partial charge on any atom is 0.123 e. The molecule has 2 nitrogen and oxygen atoms in total. The fourth-order valence-electron chi connectivity index (χ4n) is 1.78. The van der Waals surface area contributed by atoms with Crippen LogP contribution in [0.4, 0.5) is 10.1 Å². The lowest BCUT2D eigenvalue weighted by molar-refractivity contribution is 0.271. The van der Waals surface area contributed by atoms with E-state index in [0.29, 0.717) is 12.5 Å². The third kappa shape index (κ3) is 4.57. The summed E-state index contributed by atoms with van der Waals surface area (Å²) in [6.45, 7) is 5.65. The number of rotatable bonds is 6. The van der Waals surface area contributed by atoms with Crippen molar-refractivity contribution in [2.75, 3.05) is 11.9 Å². The van der Waals surface area contributed by atoms with Crippen molar-refractivity contribution in [1.29, 1.82) is 0 Å². The van der Waals surface area contributed by atoms with Crippen molar-refractivity contribution >= 4 is 5.69 Å². The molecule has 3 heteroatoms. The number of hydrogen-bond acceptors (Lipinski definition) is 2. The van der Waals surface area contributed by atoms with E-state index in [1.54, 1.807) is 12.1 Å². The third-order valence-corrected chi connectivity index (χ3v) is 2.82. The summed E-state index contributed by atoms with van der Waals surface area (Å²) in [4.78, 5) is 0. The molecule has 0 radical (unpaired) electrons. The van der Waals surface area contributed by atoms with Gasteiger partial charge in [0.15, 0.2) is 0 Å². The van der Waals surface area contributed by atoms with Crippen LogP contribution in [0.3, 0.4) is 0 Å².